The van der Waals surface area contributed by atoms with Crippen molar-refractivity contribution in [2.24, 2.45) is 5.92 Å². The van der Waals surface area contributed by atoms with Crippen LogP contribution in [0.15, 0.2) is 54.6 Å². The minimum Gasteiger partial charge on any atom is -0.469 e. The standard InChI is InChI=1S/C25H30N2O3/c1-26(22(17-27-14-8-9-15-27)18-10-4-3-5-11-18)24(28)23-20-13-7-6-12-19(20)16-21(23)25(29)30-2/h3-7,10-13,21-23H,8-9,14-17H2,1-2H3/t21?,22-,23?/m1/s1. The fraction of sp³-hybridized carbons (Fsp3) is 0.440. The van der Waals surface area contributed by atoms with Gasteiger partial charge >= 0.3 is 5.97 Å². The summed E-state index contributed by atoms with van der Waals surface area (Å²) in [6, 6.07) is 18.1. The first-order valence-electron chi connectivity index (χ1n) is 10.8. The highest BCUT2D eigenvalue weighted by atomic mass is 16.5. The lowest BCUT2D eigenvalue weighted by Gasteiger charge is -2.34. The average Bonchev–Trinajstić information content (AvgIpc) is 3.44. The number of methoxy groups -OCH3 is 1. The molecule has 2 aromatic rings. The fourth-order valence-corrected chi connectivity index (χ4v) is 4.98. The zero-order chi connectivity index (χ0) is 21.1. The van der Waals surface area contributed by atoms with Crippen molar-refractivity contribution in [3.05, 3.63) is 71.3 Å². The number of likely N-dealkylation sites (N-methyl/N-ethyl adjacent to an activating group) is 1. The number of nitrogens with zero attached hydrogens (tertiary/aromatic N) is 2. The van der Waals surface area contributed by atoms with Gasteiger partial charge < -0.3 is 14.5 Å². The fourth-order valence-electron chi connectivity index (χ4n) is 4.98. The normalized spacial score (nSPS) is 21.8. The Morgan fingerprint density at radius 2 is 1.73 bits per heavy atom. The van der Waals surface area contributed by atoms with Crippen LogP contribution in [0, 0.1) is 5.92 Å². The highest BCUT2D eigenvalue weighted by molar-refractivity contribution is 5.91. The summed E-state index contributed by atoms with van der Waals surface area (Å²) in [7, 11) is 3.28. The number of esters is 1. The Kier molecular flexibility index (Phi) is 6.18. The molecule has 0 aromatic heterocycles. The monoisotopic (exact) mass is 406 g/mol. The smallest absolute Gasteiger partial charge is 0.310 e. The predicted molar refractivity (Wildman–Crippen MR) is 116 cm³/mol. The number of rotatable bonds is 6. The van der Waals surface area contributed by atoms with Crippen molar-refractivity contribution in [2.75, 3.05) is 33.8 Å². The quantitative estimate of drug-likeness (QED) is 0.690. The lowest BCUT2D eigenvalue weighted by molar-refractivity contribution is -0.150. The van der Waals surface area contributed by atoms with Crippen LogP contribution >= 0.6 is 0 Å². The zero-order valence-corrected chi connectivity index (χ0v) is 17.8. The van der Waals surface area contributed by atoms with Gasteiger partial charge in [0.05, 0.1) is 25.0 Å². The van der Waals surface area contributed by atoms with Gasteiger partial charge in [0.2, 0.25) is 5.91 Å². The van der Waals surface area contributed by atoms with Crippen molar-refractivity contribution >= 4 is 11.9 Å². The van der Waals surface area contributed by atoms with E-state index >= 15 is 0 Å². The maximum atomic E-state index is 13.8. The summed E-state index contributed by atoms with van der Waals surface area (Å²) < 4.78 is 5.06. The zero-order valence-electron chi connectivity index (χ0n) is 17.8. The number of likely N-dealkylation sites (tertiary alicyclic amines) is 1. The Morgan fingerprint density at radius 1 is 1.07 bits per heavy atom. The third-order valence-electron chi connectivity index (χ3n) is 6.63. The molecule has 1 amide bonds. The first kappa shape index (κ1) is 20.6. The molecule has 1 saturated heterocycles. The molecule has 1 heterocycles. The Labute approximate surface area is 178 Å². The van der Waals surface area contributed by atoms with Gasteiger partial charge in [-0.3, -0.25) is 9.59 Å². The van der Waals surface area contributed by atoms with Crippen LogP contribution in [0.2, 0.25) is 0 Å². The minimum atomic E-state index is -0.497. The first-order valence-corrected chi connectivity index (χ1v) is 10.8. The van der Waals surface area contributed by atoms with Crippen LogP contribution in [0.25, 0.3) is 0 Å². The van der Waals surface area contributed by atoms with Gasteiger partial charge in [0.15, 0.2) is 0 Å². The van der Waals surface area contributed by atoms with Crippen LogP contribution in [0.5, 0.6) is 0 Å². The van der Waals surface area contributed by atoms with Crippen molar-refractivity contribution in [3.63, 3.8) is 0 Å². The summed E-state index contributed by atoms with van der Waals surface area (Å²) >= 11 is 0. The number of ether oxygens (including phenoxy) is 1. The summed E-state index contributed by atoms with van der Waals surface area (Å²) in [6.45, 7) is 2.95. The highest BCUT2D eigenvalue weighted by Gasteiger charge is 2.44. The SMILES string of the molecule is COC(=O)C1Cc2ccccc2C1C(=O)N(C)[C@H](CN1CCCC1)c1ccccc1. The summed E-state index contributed by atoms with van der Waals surface area (Å²) in [5.74, 6) is -1.29. The molecule has 0 radical (unpaired) electrons. The molecule has 5 heteroatoms. The average molecular weight is 407 g/mol. The molecule has 0 spiro atoms. The maximum Gasteiger partial charge on any atom is 0.310 e. The maximum absolute atomic E-state index is 13.8. The van der Waals surface area contributed by atoms with E-state index in [1.54, 1.807) is 0 Å². The third kappa shape index (κ3) is 3.99. The van der Waals surface area contributed by atoms with Gasteiger partial charge in [-0.1, -0.05) is 54.6 Å². The minimum absolute atomic E-state index is 0.0107. The summed E-state index contributed by atoms with van der Waals surface area (Å²) in [4.78, 5) is 30.7. The second-order valence-corrected chi connectivity index (χ2v) is 8.39. The Balaban J connectivity index is 1.65. The first-order chi connectivity index (χ1) is 14.6. The Bertz CT molecular complexity index is 892. The van der Waals surface area contributed by atoms with E-state index in [1.165, 1.54) is 20.0 Å². The van der Waals surface area contributed by atoms with E-state index in [2.05, 4.69) is 17.0 Å². The molecule has 30 heavy (non-hydrogen) atoms. The van der Waals surface area contributed by atoms with E-state index in [1.807, 2.05) is 54.4 Å². The van der Waals surface area contributed by atoms with Gasteiger partial charge in [-0.2, -0.15) is 0 Å². The number of carbonyl (C=O) groups is 2. The van der Waals surface area contributed by atoms with Gasteiger partial charge in [0.25, 0.3) is 0 Å². The summed E-state index contributed by atoms with van der Waals surface area (Å²) in [5, 5.41) is 0. The van der Waals surface area contributed by atoms with Gasteiger partial charge in [-0.05, 0) is 49.0 Å². The van der Waals surface area contributed by atoms with Gasteiger partial charge in [0, 0.05) is 13.6 Å². The van der Waals surface area contributed by atoms with Crippen molar-refractivity contribution < 1.29 is 14.3 Å². The molecule has 0 saturated carbocycles. The molecule has 0 N–H and O–H groups in total. The molecule has 1 fully saturated rings. The summed E-state index contributed by atoms with van der Waals surface area (Å²) in [6.07, 6.45) is 2.97. The van der Waals surface area contributed by atoms with Crippen molar-refractivity contribution in [1.82, 2.24) is 9.80 Å². The van der Waals surface area contributed by atoms with Crippen LogP contribution in [0.1, 0.15) is 41.5 Å². The molecule has 0 bridgehead atoms. The molecule has 2 aromatic carbocycles. The van der Waals surface area contributed by atoms with E-state index in [0.717, 1.165) is 36.3 Å². The molecule has 1 aliphatic heterocycles. The summed E-state index contributed by atoms with van der Waals surface area (Å²) in [5.41, 5.74) is 3.15. The Morgan fingerprint density at radius 3 is 2.43 bits per heavy atom. The van der Waals surface area contributed by atoms with Gasteiger partial charge in [-0.15, -0.1) is 0 Å². The van der Waals surface area contributed by atoms with E-state index in [4.69, 9.17) is 4.74 Å². The van der Waals surface area contributed by atoms with Crippen LogP contribution < -0.4 is 0 Å². The molecule has 158 valence electrons. The number of hydrogen-bond donors (Lipinski definition) is 0. The van der Waals surface area contributed by atoms with Gasteiger partial charge in [-0.25, -0.2) is 0 Å². The molecule has 1 aliphatic carbocycles. The second-order valence-electron chi connectivity index (χ2n) is 8.39. The van der Waals surface area contributed by atoms with E-state index in [0.29, 0.717) is 6.42 Å². The van der Waals surface area contributed by atoms with E-state index in [9.17, 15) is 9.59 Å². The van der Waals surface area contributed by atoms with Crippen LogP contribution in [0.4, 0.5) is 0 Å². The topological polar surface area (TPSA) is 49.9 Å². The molecule has 4 rings (SSSR count). The van der Waals surface area contributed by atoms with Gasteiger partial charge in [0.1, 0.15) is 0 Å². The van der Waals surface area contributed by atoms with E-state index in [-0.39, 0.29) is 17.9 Å². The van der Waals surface area contributed by atoms with Crippen molar-refractivity contribution in [2.45, 2.75) is 31.2 Å². The van der Waals surface area contributed by atoms with Crippen LogP contribution in [0.3, 0.4) is 0 Å². The largest absolute Gasteiger partial charge is 0.469 e. The number of carbonyl (C=O) groups excluding carboxylic acids is 2. The molecule has 2 unspecified atom stereocenters. The number of amides is 1. The highest BCUT2D eigenvalue weighted by Crippen LogP contribution is 2.41. The van der Waals surface area contributed by atoms with Crippen molar-refractivity contribution in [1.29, 1.82) is 0 Å². The second kappa shape index (κ2) is 9.00. The van der Waals surface area contributed by atoms with E-state index < -0.39 is 11.8 Å². The number of fused-ring (bicyclic) bond motifs is 1. The lowest BCUT2D eigenvalue weighted by atomic mass is 9.90. The number of benzene rings is 2. The molecule has 3 atom stereocenters. The van der Waals surface area contributed by atoms with Crippen molar-refractivity contribution in [3.8, 4) is 0 Å². The molecular weight excluding hydrogens is 376 g/mol. The lowest BCUT2D eigenvalue weighted by Crippen LogP contribution is -2.42. The molecule has 2 aliphatic rings. The predicted octanol–water partition coefficient (Wildman–Crippen LogP) is 3.41. The Hall–Kier alpha value is -2.66. The number of hydrogen-bond acceptors (Lipinski definition) is 4. The van der Waals surface area contributed by atoms with Crippen LogP contribution in [-0.2, 0) is 20.7 Å². The molecular formula is C25H30N2O3. The van der Waals surface area contributed by atoms with Crippen LogP contribution in [-0.4, -0.2) is 55.5 Å². The molecule has 5 nitrogen and oxygen atoms in total. The third-order valence-corrected chi connectivity index (χ3v) is 6.63.